The smallest absolute Gasteiger partial charge is 0.317 e. The van der Waals surface area contributed by atoms with Gasteiger partial charge in [-0.15, -0.1) is 17.5 Å². The maximum atomic E-state index is 13.7. The summed E-state index contributed by atoms with van der Waals surface area (Å²) in [6.07, 6.45) is -0.644. The molecule has 0 spiro atoms. The fourth-order valence-electron chi connectivity index (χ4n) is 3.10. The van der Waals surface area contributed by atoms with E-state index in [1.54, 1.807) is 0 Å². The van der Waals surface area contributed by atoms with Gasteiger partial charge in [-0.1, -0.05) is 6.92 Å². The Morgan fingerprint density at radius 1 is 1.21 bits per heavy atom. The van der Waals surface area contributed by atoms with Crippen molar-refractivity contribution in [1.29, 1.82) is 0 Å². The second-order valence-electron chi connectivity index (χ2n) is 5.99. The molecule has 0 atom stereocenters. The van der Waals surface area contributed by atoms with Gasteiger partial charge in [0.25, 0.3) is 5.56 Å². The van der Waals surface area contributed by atoms with Crippen molar-refractivity contribution < 1.29 is 13.2 Å². The summed E-state index contributed by atoms with van der Waals surface area (Å²) in [4.78, 5) is 30.5. The van der Waals surface area contributed by atoms with Crippen molar-refractivity contribution in [2.24, 2.45) is 0 Å². The number of hydrogen-bond acceptors (Lipinski definition) is 4. The molecule has 0 aliphatic heterocycles. The van der Waals surface area contributed by atoms with Gasteiger partial charge in [0.1, 0.15) is 5.82 Å². The molecule has 0 aliphatic rings. The Bertz CT molecular complexity index is 1280. The van der Waals surface area contributed by atoms with E-state index in [0.29, 0.717) is 18.7 Å². The molecule has 0 saturated heterocycles. The zero-order valence-electron chi connectivity index (χ0n) is 14.4. The zero-order chi connectivity index (χ0) is 19.3. The first-order chi connectivity index (χ1) is 12.8. The molecule has 0 fully saturated rings. The molecule has 4 rings (SSSR count). The Morgan fingerprint density at radius 3 is 2.64 bits per heavy atom. The molecule has 28 heavy (non-hydrogen) atoms. The van der Waals surface area contributed by atoms with Crippen molar-refractivity contribution in [3.05, 3.63) is 56.8 Å². The average Bonchev–Trinajstić information content (AvgIpc) is 3.21. The van der Waals surface area contributed by atoms with Crippen LogP contribution in [-0.2, 0) is 12.6 Å². The van der Waals surface area contributed by atoms with E-state index in [1.807, 2.05) is 6.92 Å². The largest absolute Gasteiger partial charge is 0.418 e. The summed E-state index contributed by atoms with van der Waals surface area (Å²) in [5.41, 5.74) is -2.86. The van der Waals surface area contributed by atoms with Gasteiger partial charge in [0.2, 0.25) is 5.65 Å². The third kappa shape index (κ3) is 2.97. The number of nitrogens with one attached hydrogen (secondary N) is 2. The van der Waals surface area contributed by atoms with Crippen LogP contribution >= 0.6 is 12.4 Å². The van der Waals surface area contributed by atoms with Crippen LogP contribution in [0.2, 0.25) is 0 Å². The lowest BCUT2D eigenvalue weighted by Crippen LogP contribution is -2.19. The molecule has 0 radical (unpaired) electrons. The van der Waals surface area contributed by atoms with Crippen LogP contribution in [0.1, 0.15) is 24.7 Å². The van der Waals surface area contributed by atoms with Crippen LogP contribution in [0.5, 0.6) is 0 Å². The van der Waals surface area contributed by atoms with Gasteiger partial charge in [0, 0.05) is 18.8 Å². The molecule has 0 amide bonds. The Balaban J connectivity index is 0.00000225. The Labute approximate surface area is 160 Å². The number of imidazole rings is 1. The van der Waals surface area contributed by atoms with E-state index >= 15 is 0 Å². The van der Waals surface area contributed by atoms with Crippen LogP contribution in [0.3, 0.4) is 0 Å². The topological polar surface area (TPSA) is 101 Å². The number of H-pyrrole nitrogens is 2. The summed E-state index contributed by atoms with van der Waals surface area (Å²) in [5.74, 6) is 0.461. The fourth-order valence-corrected chi connectivity index (χ4v) is 3.10. The Hall–Kier alpha value is -3.08. The van der Waals surface area contributed by atoms with Gasteiger partial charge >= 0.3 is 11.9 Å². The molecule has 8 nitrogen and oxygen atoms in total. The normalized spacial score (nSPS) is 11.9. The minimum Gasteiger partial charge on any atom is -0.317 e. The highest BCUT2D eigenvalue weighted by Gasteiger charge is 2.35. The molecular formula is C16H14ClF3N6O2. The van der Waals surface area contributed by atoms with Crippen molar-refractivity contribution >= 4 is 29.1 Å². The van der Waals surface area contributed by atoms with Gasteiger partial charge in [-0.25, -0.2) is 19.3 Å². The summed E-state index contributed by atoms with van der Waals surface area (Å²) in [6, 6.07) is 2.03. The highest BCUT2D eigenvalue weighted by Crippen LogP contribution is 2.36. The SMILES string of the molecule is CCCc1nccn1-c1cc2c(cc1C(F)(F)F)[nH]c(=O)c1n[nH]c(=O)n12.Cl. The van der Waals surface area contributed by atoms with Gasteiger partial charge in [0.15, 0.2) is 0 Å². The second kappa shape index (κ2) is 6.82. The van der Waals surface area contributed by atoms with Crippen molar-refractivity contribution in [2.75, 3.05) is 0 Å². The molecule has 148 valence electrons. The van der Waals surface area contributed by atoms with E-state index in [0.717, 1.165) is 10.5 Å². The minimum atomic E-state index is -4.68. The lowest BCUT2D eigenvalue weighted by atomic mass is 10.1. The summed E-state index contributed by atoms with van der Waals surface area (Å²) in [6.45, 7) is 1.89. The number of rotatable bonds is 3. The summed E-state index contributed by atoms with van der Waals surface area (Å²) < 4.78 is 43.4. The highest BCUT2D eigenvalue weighted by molar-refractivity contribution is 5.85. The average molecular weight is 415 g/mol. The van der Waals surface area contributed by atoms with Crippen LogP contribution in [-0.4, -0.2) is 29.1 Å². The van der Waals surface area contributed by atoms with E-state index in [1.165, 1.54) is 23.0 Å². The summed E-state index contributed by atoms with van der Waals surface area (Å²) in [7, 11) is 0. The first-order valence-corrected chi connectivity index (χ1v) is 8.08. The van der Waals surface area contributed by atoms with Crippen LogP contribution < -0.4 is 11.2 Å². The highest BCUT2D eigenvalue weighted by atomic mass is 35.5. The van der Waals surface area contributed by atoms with E-state index in [-0.39, 0.29) is 34.8 Å². The molecule has 0 aliphatic carbocycles. The van der Waals surface area contributed by atoms with Crippen molar-refractivity contribution in [1.82, 2.24) is 29.1 Å². The number of halogens is 4. The molecule has 0 saturated carbocycles. The Morgan fingerprint density at radius 2 is 1.96 bits per heavy atom. The molecule has 0 bridgehead atoms. The maximum absolute atomic E-state index is 13.7. The third-order valence-electron chi connectivity index (χ3n) is 4.23. The fraction of sp³-hybridized carbons (Fsp3) is 0.250. The van der Waals surface area contributed by atoms with Crippen molar-refractivity contribution in [3.63, 3.8) is 0 Å². The summed E-state index contributed by atoms with van der Waals surface area (Å²) >= 11 is 0. The number of fused-ring (bicyclic) bond motifs is 3. The summed E-state index contributed by atoms with van der Waals surface area (Å²) in [5, 5.41) is 5.76. The molecule has 4 aromatic rings. The first-order valence-electron chi connectivity index (χ1n) is 8.08. The Kier molecular flexibility index (Phi) is 4.79. The molecule has 0 unspecified atom stereocenters. The standard InChI is InChI=1S/C16H13F3N6O2.ClH/c1-2-3-12-20-4-5-24(12)10-7-11-9(6-8(10)16(17,18)19)21-14(26)13-22-23-15(27)25(11)13;/h4-7H,2-3H2,1H3,(H,21,26)(H,23,27);1H. The molecule has 2 N–H and O–H groups in total. The number of benzene rings is 1. The third-order valence-corrected chi connectivity index (χ3v) is 4.23. The van der Waals surface area contributed by atoms with Crippen molar-refractivity contribution in [2.45, 2.75) is 25.9 Å². The number of aromatic nitrogens is 6. The van der Waals surface area contributed by atoms with Gasteiger partial charge in [-0.05, 0) is 18.6 Å². The molecule has 1 aromatic carbocycles. The van der Waals surface area contributed by atoms with E-state index in [2.05, 4.69) is 20.2 Å². The number of nitrogens with zero attached hydrogens (tertiary/aromatic N) is 4. The molecular weight excluding hydrogens is 401 g/mol. The molecule has 3 aromatic heterocycles. The predicted molar refractivity (Wildman–Crippen MR) is 97.3 cm³/mol. The number of alkyl halides is 3. The second-order valence-corrected chi connectivity index (χ2v) is 5.99. The van der Waals surface area contributed by atoms with Gasteiger partial charge in [0.05, 0.1) is 22.3 Å². The number of aromatic amines is 2. The van der Waals surface area contributed by atoms with Crippen LogP contribution in [0.15, 0.2) is 34.1 Å². The van der Waals surface area contributed by atoms with Gasteiger partial charge < -0.3 is 9.55 Å². The quantitative estimate of drug-likeness (QED) is 0.537. The van der Waals surface area contributed by atoms with E-state index in [9.17, 15) is 22.8 Å². The first kappa shape index (κ1) is 19.7. The number of hydrogen-bond donors (Lipinski definition) is 2. The van der Waals surface area contributed by atoms with Crippen LogP contribution in [0, 0.1) is 0 Å². The maximum Gasteiger partial charge on any atom is 0.418 e. The van der Waals surface area contributed by atoms with Crippen LogP contribution in [0.4, 0.5) is 13.2 Å². The van der Waals surface area contributed by atoms with Gasteiger partial charge in [-0.2, -0.15) is 13.2 Å². The monoisotopic (exact) mass is 414 g/mol. The number of aryl methyl sites for hydroxylation is 1. The lowest BCUT2D eigenvalue weighted by molar-refractivity contribution is -0.137. The minimum absolute atomic E-state index is 0. The van der Waals surface area contributed by atoms with E-state index in [4.69, 9.17) is 0 Å². The lowest BCUT2D eigenvalue weighted by Gasteiger charge is -2.17. The van der Waals surface area contributed by atoms with E-state index < -0.39 is 23.0 Å². The van der Waals surface area contributed by atoms with Crippen LogP contribution in [0.25, 0.3) is 22.4 Å². The van der Waals surface area contributed by atoms with Gasteiger partial charge in [-0.3, -0.25) is 4.79 Å². The molecule has 12 heteroatoms. The molecule has 3 heterocycles. The zero-order valence-corrected chi connectivity index (χ0v) is 15.2. The predicted octanol–water partition coefficient (Wildman–Crippen LogP) is 2.44. The van der Waals surface area contributed by atoms with Crippen molar-refractivity contribution in [3.8, 4) is 5.69 Å².